The van der Waals surface area contributed by atoms with Crippen molar-refractivity contribution in [2.75, 3.05) is 13.2 Å². The fourth-order valence-corrected chi connectivity index (χ4v) is 4.08. The minimum Gasteiger partial charge on any atom is -0.494 e. The lowest BCUT2D eigenvalue weighted by Gasteiger charge is -2.12. The quantitative estimate of drug-likeness (QED) is 0.315. The van der Waals surface area contributed by atoms with E-state index in [9.17, 15) is 14.0 Å². The summed E-state index contributed by atoms with van der Waals surface area (Å²) < 4.78 is 25.0. The van der Waals surface area contributed by atoms with Crippen molar-refractivity contribution in [3.63, 3.8) is 0 Å². The number of amides is 2. The number of nitrogens with two attached hydrogens (primary N) is 1. The van der Waals surface area contributed by atoms with Gasteiger partial charge < -0.3 is 20.2 Å². The fraction of sp³-hybridized carbons (Fsp3) is 0.241. The SMILES string of the molecule is CCOc1cc(Cc2ccc3oc(-c4ccc(F)cc4)c(C(N)=O)c3c2)cc(C(=O)NCC(C)C)c1. The van der Waals surface area contributed by atoms with Gasteiger partial charge in [-0.3, -0.25) is 9.59 Å². The van der Waals surface area contributed by atoms with Crippen molar-refractivity contribution in [3.8, 4) is 17.1 Å². The van der Waals surface area contributed by atoms with Crippen LogP contribution in [0.4, 0.5) is 4.39 Å². The first-order valence-corrected chi connectivity index (χ1v) is 11.9. The predicted molar refractivity (Wildman–Crippen MR) is 138 cm³/mol. The van der Waals surface area contributed by atoms with Crippen LogP contribution < -0.4 is 15.8 Å². The molecule has 1 heterocycles. The zero-order chi connectivity index (χ0) is 25.8. The molecule has 4 rings (SSSR count). The summed E-state index contributed by atoms with van der Waals surface area (Å²) in [6.07, 6.45) is 0.497. The zero-order valence-corrected chi connectivity index (χ0v) is 20.6. The van der Waals surface area contributed by atoms with Crippen LogP contribution >= 0.6 is 0 Å². The van der Waals surface area contributed by atoms with Crippen molar-refractivity contribution >= 4 is 22.8 Å². The Hall–Kier alpha value is -4.13. The summed E-state index contributed by atoms with van der Waals surface area (Å²) in [5, 5.41) is 3.52. The van der Waals surface area contributed by atoms with Gasteiger partial charge in [-0.05, 0) is 85.0 Å². The minimum atomic E-state index is -0.632. The molecule has 0 aliphatic rings. The molecular formula is C29H29FN2O4. The average Bonchev–Trinajstić information content (AvgIpc) is 3.22. The second-order valence-corrected chi connectivity index (χ2v) is 9.09. The summed E-state index contributed by atoms with van der Waals surface area (Å²) in [6, 6.07) is 16.7. The highest BCUT2D eigenvalue weighted by Crippen LogP contribution is 2.34. The highest BCUT2D eigenvalue weighted by Gasteiger charge is 2.21. The van der Waals surface area contributed by atoms with E-state index in [2.05, 4.69) is 5.32 Å². The van der Waals surface area contributed by atoms with Crippen LogP contribution in [0.1, 0.15) is 52.6 Å². The Morgan fingerprint density at radius 1 is 1.03 bits per heavy atom. The van der Waals surface area contributed by atoms with Crippen molar-refractivity contribution in [2.24, 2.45) is 11.7 Å². The van der Waals surface area contributed by atoms with Crippen molar-refractivity contribution in [1.82, 2.24) is 5.32 Å². The normalized spacial score (nSPS) is 11.1. The van der Waals surface area contributed by atoms with Gasteiger partial charge in [-0.1, -0.05) is 19.9 Å². The van der Waals surface area contributed by atoms with Gasteiger partial charge in [-0.25, -0.2) is 4.39 Å². The smallest absolute Gasteiger partial charge is 0.253 e. The number of carbonyl (C=O) groups excluding carboxylic acids is 2. The molecule has 0 saturated heterocycles. The summed E-state index contributed by atoms with van der Waals surface area (Å²) in [6.45, 7) is 7.02. The van der Waals surface area contributed by atoms with E-state index in [0.29, 0.717) is 59.1 Å². The van der Waals surface area contributed by atoms with Gasteiger partial charge in [0.25, 0.3) is 11.8 Å². The van der Waals surface area contributed by atoms with Gasteiger partial charge in [0, 0.05) is 23.1 Å². The summed E-state index contributed by atoms with van der Waals surface area (Å²) in [5.41, 5.74) is 9.34. The zero-order valence-electron chi connectivity index (χ0n) is 20.6. The number of furan rings is 1. The van der Waals surface area contributed by atoms with Crippen molar-refractivity contribution in [2.45, 2.75) is 27.2 Å². The maximum Gasteiger partial charge on any atom is 0.253 e. The third kappa shape index (κ3) is 5.57. The topological polar surface area (TPSA) is 94.6 Å². The summed E-state index contributed by atoms with van der Waals surface area (Å²) in [5.74, 6) is 0.0841. The van der Waals surface area contributed by atoms with E-state index >= 15 is 0 Å². The largest absolute Gasteiger partial charge is 0.494 e. The van der Waals surface area contributed by atoms with Gasteiger partial charge in [0.2, 0.25) is 0 Å². The van der Waals surface area contributed by atoms with Crippen LogP contribution in [0.2, 0.25) is 0 Å². The Morgan fingerprint density at radius 2 is 1.78 bits per heavy atom. The predicted octanol–water partition coefficient (Wildman–Crippen LogP) is 5.71. The number of hydrogen-bond donors (Lipinski definition) is 2. The van der Waals surface area contributed by atoms with Crippen LogP contribution in [0.25, 0.3) is 22.3 Å². The number of ether oxygens (including phenoxy) is 1. The van der Waals surface area contributed by atoms with Crippen molar-refractivity contribution in [3.05, 3.63) is 88.7 Å². The number of halogens is 1. The standard InChI is InChI=1S/C29H29FN2O4/c1-4-35-23-13-19(12-21(15-23)29(34)32-16-17(2)3)11-18-5-10-25-24(14-18)26(28(31)33)27(36-25)20-6-8-22(30)9-7-20/h5-10,12-15,17H,4,11,16H2,1-3H3,(H2,31,33)(H,32,34). The molecule has 0 aliphatic carbocycles. The number of fused-ring (bicyclic) bond motifs is 1. The van der Waals surface area contributed by atoms with Gasteiger partial charge in [0.15, 0.2) is 0 Å². The monoisotopic (exact) mass is 488 g/mol. The summed E-state index contributed by atoms with van der Waals surface area (Å²) in [4.78, 5) is 25.1. The molecule has 1 aromatic heterocycles. The lowest BCUT2D eigenvalue weighted by Crippen LogP contribution is -2.27. The lowest BCUT2D eigenvalue weighted by molar-refractivity contribution is 0.0947. The van der Waals surface area contributed by atoms with E-state index in [1.165, 1.54) is 12.1 Å². The number of benzene rings is 3. The Balaban J connectivity index is 1.70. The van der Waals surface area contributed by atoms with Crippen molar-refractivity contribution < 1.29 is 23.1 Å². The van der Waals surface area contributed by atoms with E-state index in [1.54, 1.807) is 24.3 Å². The molecule has 0 fully saturated rings. The van der Waals surface area contributed by atoms with Crippen LogP contribution in [-0.4, -0.2) is 25.0 Å². The Morgan fingerprint density at radius 3 is 2.44 bits per heavy atom. The molecule has 0 bridgehead atoms. The Bertz CT molecular complexity index is 1410. The Kier molecular flexibility index (Phi) is 7.38. The summed E-state index contributed by atoms with van der Waals surface area (Å²) >= 11 is 0. The van der Waals surface area contributed by atoms with E-state index in [1.807, 2.05) is 45.0 Å². The minimum absolute atomic E-state index is 0.156. The molecule has 0 spiro atoms. The molecule has 0 aliphatic heterocycles. The third-order valence-corrected chi connectivity index (χ3v) is 5.72. The van der Waals surface area contributed by atoms with Crippen LogP contribution in [0, 0.1) is 11.7 Å². The molecule has 36 heavy (non-hydrogen) atoms. The molecule has 0 unspecified atom stereocenters. The van der Waals surface area contributed by atoms with E-state index in [4.69, 9.17) is 14.9 Å². The molecule has 3 N–H and O–H groups in total. The molecule has 186 valence electrons. The number of carbonyl (C=O) groups is 2. The van der Waals surface area contributed by atoms with Gasteiger partial charge in [0.1, 0.15) is 22.9 Å². The first kappa shape index (κ1) is 25.0. The van der Waals surface area contributed by atoms with Crippen LogP contribution in [-0.2, 0) is 6.42 Å². The van der Waals surface area contributed by atoms with E-state index < -0.39 is 5.91 Å². The molecule has 7 heteroatoms. The molecule has 6 nitrogen and oxygen atoms in total. The molecule has 0 saturated carbocycles. The van der Waals surface area contributed by atoms with E-state index in [-0.39, 0.29) is 17.3 Å². The van der Waals surface area contributed by atoms with E-state index in [0.717, 1.165) is 11.1 Å². The molecule has 0 atom stereocenters. The molecule has 2 amide bonds. The number of nitrogens with one attached hydrogen (secondary N) is 1. The highest BCUT2D eigenvalue weighted by atomic mass is 19.1. The third-order valence-electron chi connectivity index (χ3n) is 5.72. The lowest BCUT2D eigenvalue weighted by atomic mass is 9.99. The van der Waals surface area contributed by atoms with Crippen LogP contribution in [0.15, 0.2) is 65.1 Å². The molecular weight excluding hydrogens is 459 g/mol. The van der Waals surface area contributed by atoms with Gasteiger partial charge >= 0.3 is 0 Å². The highest BCUT2D eigenvalue weighted by molar-refractivity contribution is 6.10. The second kappa shape index (κ2) is 10.6. The molecule has 0 radical (unpaired) electrons. The first-order valence-electron chi connectivity index (χ1n) is 11.9. The van der Waals surface area contributed by atoms with Gasteiger partial charge in [0.05, 0.1) is 12.2 Å². The molecule has 4 aromatic rings. The fourth-order valence-electron chi connectivity index (χ4n) is 4.08. The van der Waals surface area contributed by atoms with Gasteiger partial charge in [-0.15, -0.1) is 0 Å². The molecule has 3 aromatic carbocycles. The maximum absolute atomic E-state index is 13.4. The number of hydrogen-bond acceptors (Lipinski definition) is 4. The maximum atomic E-state index is 13.4. The van der Waals surface area contributed by atoms with Gasteiger partial charge in [-0.2, -0.15) is 0 Å². The second-order valence-electron chi connectivity index (χ2n) is 9.09. The van der Waals surface area contributed by atoms with Crippen LogP contribution in [0.3, 0.4) is 0 Å². The summed E-state index contributed by atoms with van der Waals surface area (Å²) in [7, 11) is 0. The number of rotatable bonds is 9. The Labute approximate surface area is 209 Å². The first-order chi connectivity index (χ1) is 17.2. The number of primary amides is 1. The van der Waals surface area contributed by atoms with Crippen LogP contribution in [0.5, 0.6) is 5.75 Å². The average molecular weight is 489 g/mol. The van der Waals surface area contributed by atoms with Crippen molar-refractivity contribution in [1.29, 1.82) is 0 Å².